The van der Waals surface area contributed by atoms with Gasteiger partial charge < -0.3 is 14.9 Å². The summed E-state index contributed by atoms with van der Waals surface area (Å²) in [6.45, 7) is 0. The lowest BCUT2D eigenvalue weighted by Gasteiger charge is -2.05. The van der Waals surface area contributed by atoms with Gasteiger partial charge in [-0.3, -0.25) is 0 Å². The first kappa shape index (κ1) is 12.3. The third kappa shape index (κ3) is 2.73. The van der Waals surface area contributed by atoms with E-state index in [0.29, 0.717) is 10.6 Å². The Morgan fingerprint density at radius 2 is 1.67 bits per heavy atom. The summed E-state index contributed by atoms with van der Waals surface area (Å²) in [4.78, 5) is 11.7. The lowest BCUT2D eigenvalue weighted by atomic mass is 10.2. The molecule has 2 N–H and O–H groups in total. The summed E-state index contributed by atoms with van der Waals surface area (Å²) in [6, 6.07) is 9.99. The average molecular weight is 265 g/mol. The van der Waals surface area contributed by atoms with Crippen LogP contribution in [0.5, 0.6) is 17.2 Å². The number of rotatable bonds is 2. The van der Waals surface area contributed by atoms with Gasteiger partial charge in [-0.2, -0.15) is 0 Å². The highest BCUT2D eigenvalue weighted by Gasteiger charge is 2.09. The summed E-state index contributed by atoms with van der Waals surface area (Å²) in [6.07, 6.45) is 0. The summed E-state index contributed by atoms with van der Waals surface area (Å²) < 4.78 is 5.02. The van der Waals surface area contributed by atoms with Crippen LogP contribution in [0.1, 0.15) is 10.4 Å². The molecule has 4 nitrogen and oxygen atoms in total. The molecule has 2 aromatic rings. The number of hydrogen-bond acceptors (Lipinski definition) is 4. The van der Waals surface area contributed by atoms with Crippen molar-refractivity contribution in [2.75, 3.05) is 0 Å². The van der Waals surface area contributed by atoms with Gasteiger partial charge >= 0.3 is 5.97 Å². The molecule has 0 aliphatic rings. The fourth-order valence-electron chi connectivity index (χ4n) is 1.32. The highest BCUT2D eigenvalue weighted by Crippen LogP contribution is 2.29. The van der Waals surface area contributed by atoms with Crippen LogP contribution in [0.3, 0.4) is 0 Å². The van der Waals surface area contributed by atoms with Crippen molar-refractivity contribution in [2.45, 2.75) is 0 Å². The van der Waals surface area contributed by atoms with E-state index < -0.39 is 5.97 Å². The molecule has 0 aromatic heterocycles. The number of benzene rings is 2. The standard InChI is InChI=1S/C13H9ClO4/c14-9-3-1-8(2-4-9)13(17)18-10-5-6-11(15)12(16)7-10/h1-7,15-16H. The summed E-state index contributed by atoms with van der Waals surface area (Å²) in [5.41, 5.74) is 0.340. The topological polar surface area (TPSA) is 66.8 Å². The van der Waals surface area contributed by atoms with Crippen LogP contribution in [0.2, 0.25) is 5.02 Å². The van der Waals surface area contributed by atoms with Gasteiger partial charge in [0.25, 0.3) is 0 Å². The van der Waals surface area contributed by atoms with Crippen molar-refractivity contribution >= 4 is 17.6 Å². The third-order valence-electron chi connectivity index (χ3n) is 2.24. The fourth-order valence-corrected chi connectivity index (χ4v) is 1.44. The average Bonchev–Trinajstić information content (AvgIpc) is 2.34. The second-order valence-corrected chi connectivity index (χ2v) is 3.98. The number of phenols is 2. The molecule has 2 rings (SSSR count). The molecule has 0 bridgehead atoms. The summed E-state index contributed by atoms with van der Waals surface area (Å²) in [5, 5.41) is 18.9. The fraction of sp³-hybridized carbons (Fsp3) is 0. The van der Waals surface area contributed by atoms with Crippen LogP contribution < -0.4 is 4.74 Å². The Morgan fingerprint density at radius 3 is 2.28 bits per heavy atom. The number of phenolic OH excluding ortho intramolecular Hbond substituents is 2. The molecular formula is C13H9ClO4. The Labute approximate surface area is 108 Å². The van der Waals surface area contributed by atoms with Crippen molar-refractivity contribution < 1.29 is 19.7 Å². The Morgan fingerprint density at radius 1 is 1.00 bits per heavy atom. The molecule has 18 heavy (non-hydrogen) atoms. The Hall–Kier alpha value is -2.20. The Kier molecular flexibility index (Phi) is 3.39. The molecule has 0 saturated heterocycles. The minimum absolute atomic E-state index is 0.144. The maximum Gasteiger partial charge on any atom is 0.343 e. The van der Waals surface area contributed by atoms with Gasteiger partial charge in [0.05, 0.1) is 5.56 Å². The molecule has 0 radical (unpaired) electrons. The summed E-state index contributed by atoms with van der Waals surface area (Å²) >= 11 is 5.70. The van der Waals surface area contributed by atoms with Gasteiger partial charge in [0.2, 0.25) is 0 Å². The summed E-state index contributed by atoms with van der Waals surface area (Å²) in [7, 11) is 0. The molecule has 0 atom stereocenters. The number of esters is 1. The highest BCUT2D eigenvalue weighted by molar-refractivity contribution is 6.30. The molecule has 0 spiro atoms. The SMILES string of the molecule is O=C(Oc1ccc(O)c(O)c1)c1ccc(Cl)cc1. The van der Waals surface area contributed by atoms with Gasteiger partial charge in [0.15, 0.2) is 11.5 Å². The van der Waals surface area contributed by atoms with Gasteiger partial charge in [0.1, 0.15) is 5.75 Å². The van der Waals surface area contributed by atoms with Crippen molar-refractivity contribution in [1.29, 1.82) is 0 Å². The first-order chi connectivity index (χ1) is 8.56. The third-order valence-corrected chi connectivity index (χ3v) is 2.49. The molecule has 0 amide bonds. The van der Waals surface area contributed by atoms with E-state index in [-0.39, 0.29) is 17.2 Å². The minimum Gasteiger partial charge on any atom is -0.504 e. The maximum atomic E-state index is 11.7. The van der Waals surface area contributed by atoms with Gasteiger partial charge in [-0.25, -0.2) is 4.79 Å². The van der Waals surface area contributed by atoms with Gasteiger partial charge in [-0.1, -0.05) is 11.6 Å². The zero-order valence-electron chi connectivity index (χ0n) is 9.13. The molecular weight excluding hydrogens is 256 g/mol. The Balaban J connectivity index is 2.16. The monoisotopic (exact) mass is 264 g/mol. The first-order valence-electron chi connectivity index (χ1n) is 5.06. The number of carbonyl (C=O) groups excluding carboxylic acids is 1. The van der Waals surface area contributed by atoms with Crippen LogP contribution in [0, 0.1) is 0 Å². The van der Waals surface area contributed by atoms with E-state index >= 15 is 0 Å². The molecule has 5 heteroatoms. The number of hydrogen-bond donors (Lipinski definition) is 2. The summed E-state index contributed by atoms with van der Waals surface area (Å²) in [5.74, 6) is -1.06. The normalized spacial score (nSPS) is 10.1. The molecule has 0 saturated carbocycles. The maximum absolute atomic E-state index is 11.7. The molecule has 0 aliphatic heterocycles. The van der Waals surface area contributed by atoms with Crippen LogP contribution in [-0.4, -0.2) is 16.2 Å². The number of carbonyl (C=O) groups is 1. The van der Waals surface area contributed by atoms with Crippen LogP contribution >= 0.6 is 11.6 Å². The van der Waals surface area contributed by atoms with Crippen molar-refractivity contribution in [3.8, 4) is 17.2 Å². The number of aromatic hydroxyl groups is 2. The second kappa shape index (κ2) is 4.98. The molecule has 0 heterocycles. The van der Waals surface area contributed by atoms with Crippen LogP contribution in [0.25, 0.3) is 0 Å². The van der Waals surface area contributed by atoms with Gasteiger partial charge in [0, 0.05) is 11.1 Å². The lowest BCUT2D eigenvalue weighted by Crippen LogP contribution is -2.07. The van der Waals surface area contributed by atoms with Gasteiger partial charge in [-0.15, -0.1) is 0 Å². The molecule has 92 valence electrons. The van der Waals surface area contributed by atoms with E-state index in [1.807, 2.05) is 0 Å². The van der Waals surface area contributed by atoms with Crippen molar-refractivity contribution in [3.05, 3.63) is 53.1 Å². The van der Waals surface area contributed by atoms with E-state index in [1.54, 1.807) is 12.1 Å². The second-order valence-electron chi connectivity index (χ2n) is 3.55. The Bertz CT molecular complexity index is 578. The van der Waals surface area contributed by atoms with Crippen LogP contribution in [0.15, 0.2) is 42.5 Å². The van der Waals surface area contributed by atoms with Crippen molar-refractivity contribution in [2.24, 2.45) is 0 Å². The molecule has 0 unspecified atom stereocenters. The minimum atomic E-state index is -0.572. The van der Waals surface area contributed by atoms with Crippen molar-refractivity contribution in [3.63, 3.8) is 0 Å². The van der Waals surface area contributed by atoms with E-state index in [4.69, 9.17) is 21.4 Å². The predicted octanol–water partition coefficient (Wildman–Crippen LogP) is 2.97. The van der Waals surface area contributed by atoms with E-state index in [9.17, 15) is 9.90 Å². The van der Waals surface area contributed by atoms with Gasteiger partial charge in [-0.05, 0) is 36.4 Å². The van der Waals surface area contributed by atoms with E-state index in [0.717, 1.165) is 6.07 Å². The number of halogens is 1. The molecule has 2 aromatic carbocycles. The zero-order chi connectivity index (χ0) is 13.1. The van der Waals surface area contributed by atoms with E-state index in [2.05, 4.69) is 0 Å². The van der Waals surface area contributed by atoms with Crippen LogP contribution in [0.4, 0.5) is 0 Å². The number of ether oxygens (including phenoxy) is 1. The first-order valence-corrected chi connectivity index (χ1v) is 5.44. The quantitative estimate of drug-likeness (QED) is 0.497. The zero-order valence-corrected chi connectivity index (χ0v) is 9.89. The highest BCUT2D eigenvalue weighted by atomic mass is 35.5. The lowest BCUT2D eigenvalue weighted by molar-refractivity contribution is 0.0734. The smallest absolute Gasteiger partial charge is 0.343 e. The van der Waals surface area contributed by atoms with Crippen LogP contribution in [-0.2, 0) is 0 Å². The molecule has 0 aliphatic carbocycles. The largest absolute Gasteiger partial charge is 0.504 e. The molecule has 0 fully saturated rings. The van der Waals surface area contributed by atoms with Crippen molar-refractivity contribution in [1.82, 2.24) is 0 Å². The predicted molar refractivity (Wildman–Crippen MR) is 66.2 cm³/mol. The van der Waals surface area contributed by atoms with E-state index in [1.165, 1.54) is 24.3 Å².